The van der Waals surface area contributed by atoms with Gasteiger partial charge in [-0.1, -0.05) is 0 Å². The Morgan fingerprint density at radius 2 is 1.64 bits per heavy atom. The number of carbonyl (C=O) groups excluding carboxylic acids is 2. The number of fused-ring (bicyclic) bond motifs is 1. The number of sulfonamides is 1. The molecular weight excluding hydrogens is 348 g/mol. The van der Waals surface area contributed by atoms with E-state index in [0.717, 1.165) is 6.07 Å². The first kappa shape index (κ1) is 16.8. The lowest BCUT2D eigenvalue weighted by Gasteiger charge is -2.13. The van der Waals surface area contributed by atoms with E-state index in [2.05, 4.69) is 10.0 Å². The lowest BCUT2D eigenvalue weighted by atomic mass is 10.1. The molecule has 0 radical (unpaired) electrons. The summed E-state index contributed by atoms with van der Waals surface area (Å²) in [5, 5.41) is 2.11. The predicted octanol–water partition coefficient (Wildman–Crippen LogP) is 1.39. The fourth-order valence-electron chi connectivity index (χ4n) is 2.41. The predicted molar refractivity (Wildman–Crippen MR) is 88.6 cm³/mol. The molecule has 130 valence electrons. The van der Waals surface area contributed by atoms with E-state index in [1.807, 2.05) is 0 Å². The summed E-state index contributed by atoms with van der Waals surface area (Å²) >= 11 is 0. The maximum atomic E-state index is 12.6. The molecule has 0 bridgehead atoms. The van der Waals surface area contributed by atoms with Crippen molar-refractivity contribution in [1.29, 1.82) is 0 Å². The van der Waals surface area contributed by atoms with Crippen LogP contribution in [0.2, 0.25) is 0 Å². The molecular formula is C16H14N2O6S. The number of hydrogen-bond donors (Lipinski definition) is 2. The van der Waals surface area contributed by atoms with E-state index >= 15 is 0 Å². The number of nitrogens with one attached hydrogen (secondary N) is 2. The molecule has 1 heterocycles. The quantitative estimate of drug-likeness (QED) is 0.778. The molecule has 0 fully saturated rings. The standard InChI is InChI=1S/C16H14N2O6S/c1-23-9-3-6-14(24-2)13(7-9)18-25(21,22)10-4-5-11-12(8-10)16(20)17-15(11)19/h3-8,18H,1-2H3,(H,17,19,20). The van der Waals surface area contributed by atoms with Crippen LogP contribution in [0.4, 0.5) is 5.69 Å². The Morgan fingerprint density at radius 3 is 2.32 bits per heavy atom. The number of benzene rings is 2. The Kier molecular flexibility index (Phi) is 4.09. The van der Waals surface area contributed by atoms with Gasteiger partial charge < -0.3 is 9.47 Å². The van der Waals surface area contributed by atoms with Crippen LogP contribution in [0.15, 0.2) is 41.3 Å². The van der Waals surface area contributed by atoms with Crippen molar-refractivity contribution in [2.75, 3.05) is 18.9 Å². The molecule has 0 spiro atoms. The van der Waals surface area contributed by atoms with E-state index in [4.69, 9.17) is 9.47 Å². The molecule has 2 aromatic rings. The maximum Gasteiger partial charge on any atom is 0.262 e. The highest BCUT2D eigenvalue weighted by Crippen LogP contribution is 2.31. The number of anilines is 1. The number of rotatable bonds is 5. The molecule has 0 unspecified atom stereocenters. The molecule has 1 aliphatic heterocycles. The van der Waals surface area contributed by atoms with Crippen LogP contribution in [-0.2, 0) is 10.0 Å². The average molecular weight is 362 g/mol. The highest BCUT2D eigenvalue weighted by molar-refractivity contribution is 7.92. The van der Waals surface area contributed by atoms with Crippen LogP contribution in [0.5, 0.6) is 11.5 Å². The van der Waals surface area contributed by atoms with Crippen LogP contribution >= 0.6 is 0 Å². The number of imide groups is 1. The van der Waals surface area contributed by atoms with Crippen LogP contribution in [0.1, 0.15) is 20.7 Å². The van der Waals surface area contributed by atoms with Gasteiger partial charge in [0.1, 0.15) is 11.5 Å². The van der Waals surface area contributed by atoms with Gasteiger partial charge in [0.25, 0.3) is 21.8 Å². The maximum absolute atomic E-state index is 12.6. The van der Waals surface area contributed by atoms with Crippen molar-refractivity contribution in [2.45, 2.75) is 4.90 Å². The van der Waals surface area contributed by atoms with Gasteiger partial charge in [-0.05, 0) is 30.3 Å². The molecule has 25 heavy (non-hydrogen) atoms. The minimum atomic E-state index is -4.01. The third-order valence-corrected chi connectivity index (χ3v) is 5.03. The fraction of sp³-hybridized carbons (Fsp3) is 0.125. The van der Waals surface area contributed by atoms with Crippen molar-refractivity contribution >= 4 is 27.5 Å². The van der Waals surface area contributed by atoms with Gasteiger partial charge in [0.05, 0.1) is 35.9 Å². The van der Waals surface area contributed by atoms with Gasteiger partial charge in [-0.3, -0.25) is 19.6 Å². The van der Waals surface area contributed by atoms with Gasteiger partial charge in [0, 0.05) is 6.07 Å². The number of carbonyl (C=O) groups is 2. The number of amides is 2. The van der Waals surface area contributed by atoms with Crippen LogP contribution in [-0.4, -0.2) is 34.5 Å². The van der Waals surface area contributed by atoms with Gasteiger partial charge in [0.2, 0.25) is 0 Å². The van der Waals surface area contributed by atoms with Crippen molar-refractivity contribution < 1.29 is 27.5 Å². The van der Waals surface area contributed by atoms with E-state index < -0.39 is 21.8 Å². The summed E-state index contributed by atoms with van der Waals surface area (Å²) in [6, 6.07) is 8.37. The lowest BCUT2D eigenvalue weighted by molar-refractivity contribution is 0.0879. The minimum absolute atomic E-state index is 0.0190. The zero-order valence-electron chi connectivity index (χ0n) is 13.3. The van der Waals surface area contributed by atoms with Crippen molar-refractivity contribution in [3.63, 3.8) is 0 Å². The summed E-state index contributed by atoms with van der Waals surface area (Å²) < 4.78 is 37.9. The zero-order valence-corrected chi connectivity index (χ0v) is 14.1. The zero-order chi connectivity index (χ0) is 18.2. The Hall–Kier alpha value is -3.07. The van der Waals surface area contributed by atoms with Crippen molar-refractivity contribution in [1.82, 2.24) is 5.32 Å². The van der Waals surface area contributed by atoms with Crippen molar-refractivity contribution in [3.05, 3.63) is 47.5 Å². The van der Waals surface area contributed by atoms with Gasteiger partial charge in [-0.25, -0.2) is 8.42 Å². The normalized spacial score (nSPS) is 13.2. The average Bonchev–Trinajstić information content (AvgIpc) is 2.88. The number of methoxy groups -OCH3 is 2. The first-order valence-corrected chi connectivity index (χ1v) is 8.58. The minimum Gasteiger partial charge on any atom is -0.497 e. The molecule has 3 rings (SSSR count). The van der Waals surface area contributed by atoms with Gasteiger partial charge in [-0.15, -0.1) is 0 Å². The van der Waals surface area contributed by atoms with Gasteiger partial charge in [0.15, 0.2) is 0 Å². The summed E-state index contributed by atoms with van der Waals surface area (Å²) in [5.41, 5.74) is 0.344. The van der Waals surface area contributed by atoms with E-state index in [0.29, 0.717) is 11.5 Å². The Balaban J connectivity index is 2.00. The van der Waals surface area contributed by atoms with Crippen LogP contribution in [0, 0.1) is 0 Å². The second-order valence-electron chi connectivity index (χ2n) is 5.16. The number of ether oxygens (including phenoxy) is 2. The van der Waals surface area contributed by atoms with Crippen molar-refractivity contribution in [2.24, 2.45) is 0 Å². The molecule has 0 aliphatic carbocycles. The second-order valence-corrected chi connectivity index (χ2v) is 6.84. The second kappa shape index (κ2) is 6.10. The molecule has 2 aromatic carbocycles. The SMILES string of the molecule is COc1ccc(OC)c(NS(=O)(=O)c2ccc3c(c2)C(=O)NC3=O)c1. The largest absolute Gasteiger partial charge is 0.497 e. The Bertz CT molecular complexity index is 984. The molecule has 0 atom stereocenters. The summed E-state index contributed by atoms with van der Waals surface area (Å²) in [6.45, 7) is 0. The van der Waals surface area contributed by atoms with Crippen LogP contribution < -0.4 is 19.5 Å². The van der Waals surface area contributed by atoms with Gasteiger partial charge in [-0.2, -0.15) is 0 Å². The molecule has 0 saturated carbocycles. The fourth-order valence-corrected chi connectivity index (χ4v) is 3.50. The Morgan fingerprint density at radius 1 is 0.920 bits per heavy atom. The number of hydrogen-bond acceptors (Lipinski definition) is 6. The molecule has 1 aliphatic rings. The molecule has 2 amide bonds. The van der Waals surface area contributed by atoms with E-state index in [1.165, 1.54) is 32.4 Å². The van der Waals surface area contributed by atoms with E-state index in [-0.39, 0.29) is 21.7 Å². The Labute approximate surface area is 143 Å². The van der Waals surface area contributed by atoms with Crippen LogP contribution in [0.3, 0.4) is 0 Å². The lowest BCUT2D eigenvalue weighted by Crippen LogP contribution is -2.20. The first-order valence-electron chi connectivity index (χ1n) is 7.10. The van der Waals surface area contributed by atoms with Crippen LogP contribution in [0.25, 0.3) is 0 Å². The van der Waals surface area contributed by atoms with E-state index in [1.54, 1.807) is 12.1 Å². The summed E-state index contributed by atoms with van der Waals surface area (Å²) in [7, 11) is -1.15. The molecule has 8 nitrogen and oxygen atoms in total. The molecule has 0 saturated heterocycles. The monoisotopic (exact) mass is 362 g/mol. The highest BCUT2D eigenvalue weighted by atomic mass is 32.2. The molecule has 0 aromatic heterocycles. The highest BCUT2D eigenvalue weighted by Gasteiger charge is 2.29. The van der Waals surface area contributed by atoms with Gasteiger partial charge >= 0.3 is 0 Å². The summed E-state index contributed by atoms with van der Waals surface area (Å²) in [6.07, 6.45) is 0. The third-order valence-electron chi connectivity index (χ3n) is 3.67. The third kappa shape index (κ3) is 3.01. The first-order chi connectivity index (χ1) is 11.9. The smallest absolute Gasteiger partial charge is 0.262 e. The summed E-state index contributed by atoms with van der Waals surface area (Å²) in [5.74, 6) is -0.432. The summed E-state index contributed by atoms with van der Waals surface area (Å²) in [4.78, 5) is 23.1. The molecule has 2 N–H and O–H groups in total. The molecule has 9 heteroatoms. The van der Waals surface area contributed by atoms with Crippen molar-refractivity contribution in [3.8, 4) is 11.5 Å². The van der Waals surface area contributed by atoms with E-state index in [9.17, 15) is 18.0 Å². The topological polar surface area (TPSA) is 111 Å².